The summed E-state index contributed by atoms with van der Waals surface area (Å²) in [6.07, 6.45) is 10.0. The zero-order valence-electron chi connectivity index (χ0n) is 15.2. The number of rotatable bonds is 4. The molecule has 134 valence electrons. The van der Waals surface area contributed by atoms with E-state index in [9.17, 15) is 0 Å². The average molecular weight is 339 g/mol. The Hall–Kier alpha value is -2.04. The van der Waals surface area contributed by atoms with Gasteiger partial charge < -0.3 is 14.8 Å². The van der Waals surface area contributed by atoms with Crippen molar-refractivity contribution in [2.45, 2.75) is 45.1 Å². The second kappa shape index (κ2) is 7.06. The maximum Gasteiger partial charge on any atom is 0.193 e. The van der Waals surface area contributed by atoms with Crippen LogP contribution in [0, 0.1) is 5.41 Å². The highest BCUT2D eigenvalue weighted by molar-refractivity contribution is 5.80. The molecule has 1 aromatic heterocycles. The van der Waals surface area contributed by atoms with Crippen molar-refractivity contribution in [2.75, 3.05) is 26.7 Å². The standard InChI is InChI=1S/C20H29N5/c1-21-19(24-14-11-20(15-24)9-4-5-10-20)22-12-6-13-25-16-23-17-7-2-3-8-18(17)25/h2-3,7-8,16H,4-6,9-15H2,1H3,(H,21,22). The maximum absolute atomic E-state index is 4.52. The van der Waals surface area contributed by atoms with Crippen LogP contribution in [-0.2, 0) is 6.54 Å². The molecular formula is C20H29N5. The quantitative estimate of drug-likeness (QED) is 0.528. The molecule has 5 nitrogen and oxygen atoms in total. The molecule has 2 heterocycles. The Morgan fingerprint density at radius 1 is 1.24 bits per heavy atom. The van der Waals surface area contributed by atoms with E-state index in [0.29, 0.717) is 5.41 Å². The fourth-order valence-corrected chi connectivity index (χ4v) is 4.62. The van der Waals surface area contributed by atoms with Crippen LogP contribution in [0.15, 0.2) is 35.6 Å². The lowest BCUT2D eigenvalue weighted by Crippen LogP contribution is -2.41. The topological polar surface area (TPSA) is 45.5 Å². The molecule has 1 N–H and O–H groups in total. The minimum absolute atomic E-state index is 0.591. The van der Waals surface area contributed by atoms with Crippen LogP contribution >= 0.6 is 0 Å². The van der Waals surface area contributed by atoms with Crippen LogP contribution in [0.25, 0.3) is 11.0 Å². The Morgan fingerprint density at radius 3 is 2.92 bits per heavy atom. The number of benzene rings is 1. The van der Waals surface area contributed by atoms with Gasteiger partial charge >= 0.3 is 0 Å². The fourth-order valence-electron chi connectivity index (χ4n) is 4.62. The summed E-state index contributed by atoms with van der Waals surface area (Å²) in [7, 11) is 1.91. The molecule has 1 aliphatic heterocycles. The molecule has 0 atom stereocenters. The molecule has 1 aliphatic carbocycles. The average Bonchev–Trinajstić information content (AvgIpc) is 3.37. The lowest BCUT2D eigenvalue weighted by Gasteiger charge is -2.26. The first kappa shape index (κ1) is 16.4. The minimum Gasteiger partial charge on any atom is -0.356 e. The molecule has 0 radical (unpaired) electrons. The third-order valence-electron chi connectivity index (χ3n) is 6.00. The van der Waals surface area contributed by atoms with Gasteiger partial charge in [-0.05, 0) is 43.2 Å². The van der Waals surface area contributed by atoms with Crippen molar-refractivity contribution < 1.29 is 0 Å². The number of aliphatic imine (C=N–C) groups is 1. The van der Waals surface area contributed by atoms with Gasteiger partial charge in [0.05, 0.1) is 17.4 Å². The van der Waals surface area contributed by atoms with Gasteiger partial charge in [-0.2, -0.15) is 0 Å². The van der Waals surface area contributed by atoms with Crippen LogP contribution in [0.1, 0.15) is 38.5 Å². The summed E-state index contributed by atoms with van der Waals surface area (Å²) in [5.41, 5.74) is 2.88. The van der Waals surface area contributed by atoms with Crippen LogP contribution < -0.4 is 5.32 Å². The van der Waals surface area contributed by atoms with Gasteiger partial charge in [0, 0.05) is 33.2 Å². The van der Waals surface area contributed by atoms with E-state index in [2.05, 4.69) is 43.0 Å². The zero-order valence-corrected chi connectivity index (χ0v) is 15.2. The van der Waals surface area contributed by atoms with Crippen molar-refractivity contribution in [3.8, 4) is 0 Å². The Balaban J connectivity index is 1.27. The first-order valence-corrected chi connectivity index (χ1v) is 9.65. The minimum atomic E-state index is 0.591. The molecule has 1 spiro atoms. The molecule has 2 aliphatic rings. The van der Waals surface area contributed by atoms with Gasteiger partial charge in [0.25, 0.3) is 0 Å². The predicted octanol–water partition coefficient (Wildman–Crippen LogP) is 3.27. The van der Waals surface area contributed by atoms with Crippen LogP contribution in [0.4, 0.5) is 0 Å². The molecular weight excluding hydrogens is 310 g/mol. The van der Waals surface area contributed by atoms with Gasteiger partial charge in [-0.3, -0.25) is 4.99 Å². The lowest BCUT2D eigenvalue weighted by atomic mass is 9.86. The summed E-state index contributed by atoms with van der Waals surface area (Å²) in [4.78, 5) is 11.5. The molecule has 2 aromatic rings. The number of hydrogen-bond acceptors (Lipinski definition) is 2. The Labute approximate surface area is 150 Å². The SMILES string of the molecule is CN=C(NCCCn1cnc2ccccc21)N1CCC2(CCCC2)C1. The van der Waals surface area contributed by atoms with Crippen LogP contribution in [0.2, 0.25) is 0 Å². The number of imidazole rings is 1. The number of likely N-dealkylation sites (tertiary alicyclic amines) is 1. The Morgan fingerprint density at radius 2 is 2.08 bits per heavy atom. The third kappa shape index (κ3) is 3.37. The summed E-state index contributed by atoms with van der Waals surface area (Å²) >= 11 is 0. The second-order valence-corrected chi connectivity index (χ2v) is 7.63. The molecule has 5 heteroatoms. The van der Waals surface area contributed by atoms with Crippen molar-refractivity contribution >= 4 is 17.0 Å². The summed E-state index contributed by atoms with van der Waals surface area (Å²) in [6.45, 7) is 4.28. The molecule has 1 saturated heterocycles. The lowest BCUT2D eigenvalue weighted by molar-refractivity contribution is 0.309. The number of nitrogens with zero attached hydrogens (tertiary/aromatic N) is 4. The third-order valence-corrected chi connectivity index (χ3v) is 6.00. The Kier molecular flexibility index (Phi) is 4.64. The highest BCUT2D eigenvalue weighted by Crippen LogP contribution is 2.45. The number of hydrogen-bond donors (Lipinski definition) is 1. The molecule has 1 aromatic carbocycles. The molecule has 0 unspecified atom stereocenters. The van der Waals surface area contributed by atoms with E-state index in [1.165, 1.54) is 44.2 Å². The highest BCUT2D eigenvalue weighted by atomic mass is 15.3. The van der Waals surface area contributed by atoms with E-state index in [0.717, 1.165) is 37.5 Å². The second-order valence-electron chi connectivity index (χ2n) is 7.63. The fraction of sp³-hybridized carbons (Fsp3) is 0.600. The number of aromatic nitrogens is 2. The maximum atomic E-state index is 4.52. The summed E-state index contributed by atoms with van der Waals surface area (Å²) < 4.78 is 2.24. The van der Waals surface area contributed by atoms with E-state index in [1.54, 1.807) is 0 Å². The van der Waals surface area contributed by atoms with E-state index in [-0.39, 0.29) is 0 Å². The monoisotopic (exact) mass is 339 g/mol. The number of para-hydroxylation sites is 2. The smallest absolute Gasteiger partial charge is 0.193 e. The molecule has 1 saturated carbocycles. The van der Waals surface area contributed by atoms with Gasteiger partial charge in [0.2, 0.25) is 0 Å². The highest BCUT2D eigenvalue weighted by Gasteiger charge is 2.40. The van der Waals surface area contributed by atoms with Gasteiger partial charge in [-0.1, -0.05) is 25.0 Å². The van der Waals surface area contributed by atoms with E-state index >= 15 is 0 Å². The number of aryl methyl sites for hydroxylation is 1. The van der Waals surface area contributed by atoms with E-state index < -0.39 is 0 Å². The molecule has 2 fully saturated rings. The number of fused-ring (bicyclic) bond motifs is 1. The van der Waals surface area contributed by atoms with Gasteiger partial charge in [-0.15, -0.1) is 0 Å². The van der Waals surface area contributed by atoms with Crippen LogP contribution in [0.3, 0.4) is 0 Å². The van der Waals surface area contributed by atoms with Crippen molar-refractivity contribution in [3.63, 3.8) is 0 Å². The van der Waals surface area contributed by atoms with Crippen molar-refractivity contribution in [3.05, 3.63) is 30.6 Å². The first-order chi connectivity index (χ1) is 12.3. The summed E-state index contributed by atoms with van der Waals surface area (Å²) in [5.74, 6) is 1.08. The van der Waals surface area contributed by atoms with Crippen molar-refractivity contribution in [1.82, 2.24) is 19.8 Å². The normalized spacial score (nSPS) is 20.0. The summed E-state index contributed by atoms with van der Waals surface area (Å²) in [6, 6.07) is 8.32. The Bertz CT molecular complexity index is 741. The number of nitrogens with one attached hydrogen (secondary N) is 1. The number of guanidine groups is 1. The first-order valence-electron chi connectivity index (χ1n) is 9.65. The van der Waals surface area contributed by atoms with Gasteiger partial charge in [0.15, 0.2) is 5.96 Å². The zero-order chi connectivity index (χ0) is 17.1. The van der Waals surface area contributed by atoms with E-state index in [4.69, 9.17) is 0 Å². The largest absolute Gasteiger partial charge is 0.356 e. The molecule has 4 rings (SSSR count). The molecule has 0 bridgehead atoms. The van der Waals surface area contributed by atoms with Gasteiger partial charge in [-0.25, -0.2) is 4.98 Å². The molecule has 25 heavy (non-hydrogen) atoms. The summed E-state index contributed by atoms with van der Waals surface area (Å²) in [5, 5.41) is 3.57. The van der Waals surface area contributed by atoms with Crippen LogP contribution in [0.5, 0.6) is 0 Å². The van der Waals surface area contributed by atoms with Crippen molar-refractivity contribution in [2.24, 2.45) is 10.4 Å². The van der Waals surface area contributed by atoms with E-state index in [1.807, 2.05) is 19.4 Å². The predicted molar refractivity (Wildman–Crippen MR) is 103 cm³/mol. The van der Waals surface area contributed by atoms with Gasteiger partial charge in [0.1, 0.15) is 0 Å². The molecule has 0 amide bonds. The van der Waals surface area contributed by atoms with Crippen molar-refractivity contribution in [1.29, 1.82) is 0 Å². The van der Waals surface area contributed by atoms with Crippen LogP contribution in [-0.4, -0.2) is 47.1 Å².